The highest BCUT2D eigenvalue weighted by molar-refractivity contribution is 9.10. The fraction of sp³-hybridized carbons (Fsp3) is 0.200. The lowest BCUT2D eigenvalue weighted by Gasteiger charge is -2.18. The highest BCUT2D eigenvalue weighted by Crippen LogP contribution is 2.28. The lowest BCUT2D eigenvalue weighted by molar-refractivity contribution is 0.601. The summed E-state index contributed by atoms with van der Waals surface area (Å²) in [6, 6.07) is 29.4. The smallest absolute Gasteiger partial charge is 0.172 e. The summed E-state index contributed by atoms with van der Waals surface area (Å²) in [5, 5.41) is 15.2. The van der Waals surface area contributed by atoms with E-state index in [4.69, 9.17) is 4.98 Å². The minimum atomic E-state index is 0.157. The predicted molar refractivity (Wildman–Crippen MR) is 156 cm³/mol. The standard InChI is InChI=1S/C30H31BrN6/c1-21-9-6-7-14-26(21)28-18-29(37-30(36-28)27(31)20-34-37)33-19-24-12-8-13-25(17-24)35-22(2)32-16-15-23-10-4-3-5-11-23/h3-14,17-18,20,22,32-33,35H,15-16,19H2,1-2H3. The maximum absolute atomic E-state index is 4.87. The molecule has 1 unspecified atom stereocenters. The van der Waals surface area contributed by atoms with Crippen LogP contribution in [0.3, 0.4) is 0 Å². The average Bonchev–Trinajstić information content (AvgIpc) is 3.29. The number of aromatic nitrogens is 3. The van der Waals surface area contributed by atoms with E-state index >= 15 is 0 Å². The molecule has 0 aliphatic heterocycles. The van der Waals surface area contributed by atoms with Crippen LogP contribution in [0.5, 0.6) is 0 Å². The Hall–Kier alpha value is -3.68. The van der Waals surface area contributed by atoms with E-state index in [1.807, 2.05) is 16.6 Å². The van der Waals surface area contributed by atoms with Crippen molar-refractivity contribution < 1.29 is 0 Å². The van der Waals surface area contributed by atoms with Gasteiger partial charge < -0.3 is 10.6 Å². The van der Waals surface area contributed by atoms with Crippen LogP contribution in [-0.4, -0.2) is 27.3 Å². The number of nitrogens with one attached hydrogen (secondary N) is 3. The Labute approximate surface area is 226 Å². The molecule has 5 rings (SSSR count). The summed E-state index contributed by atoms with van der Waals surface area (Å²) in [7, 11) is 0. The van der Waals surface area contributed by atoms with Gasteiger partial charge in [0.1, 0.15) is 5.82 Å². The molecule has 0 bridgehead atoms. The van der Waals surface area contributed by atoms with Crippen molar-refractivity contribution in [2.45, 2.75) is 33.0 Å². The molecule has 37 heavy (non-hydrogen) atoms. The SMILES string of the molecule is Cc1ccccc1-c1cc(NCc2cccc(NC(C)NCCc3ccccc3)c2)n2ncc(Br)c2n1. The summed E-state index contributed by atoms with van der Waals surface area (Å²) in [6.07, 6.45) is 2.95. The van der Waals surface area contributed by atoms with Gasteiger partial charge in [-0.15, -0.1) is 0 Å². The quantitative estimate of drug-likeness (QED) is 0.168. The molecule has 6 nitrogen and oxygen atoms in total. The third-order valence-electron chi connectivity index (χ3n) is 6.34. The van der Waals surface area contributed by atoms with Crippen LogP contribution in [0.1, 0.15) is 23.6 Å². The largest absolute Gasteiger partial charge is 0.370 e. The number of aryl methyl sites for hydroxylation is 1. The number of benzene rings is 3. The summed E-state index contributed by atoms with van der Waals surface area (Å²) in [5.41, 5.74) is 7.60. The molecular weight excluding hydrogens is 524 g/mol. The van der Waals surface area contributed by atoms with Crippen LogP contribution in [0, 0.1) is 6.92 Å². The van der Waals surface area contributed by atoms with Crippen molar-refractivity contribution in [2.75, 3.05) is 17.2 Å². The third-order valence-corrected chi connectivity index (χ3v) is 6.90. The van der Waals surface area contributed by atoms with E-state index in [9.17, 15) is 0 Å². The van der Waals surface area contributed by atoms with Gasteiger partial charge >= 0.3 is 0 Å². The second kappa shape index (κ2) is 11.6. The zero-order valence-corrected chi connectivity index (χ0v) is 22.7. The lowest BCUT2D eigenvalue weighted by Crippen LogP contribution is -2.34. The van der Waals surface area contributed by atoms with Crippen molar-refractivity contribution in [1.29, 1.82) is 0 Å². The molecule has 2 heterocycles. The molecule has 0 amide bonds. The second-order valence-corrected chi connectivity index (χ2v) is 10.0. The molecule has 3 N–H and O–H groups in total. The van der Waals surface area contributed by atoms with Gasteiger partial charge in [-0.05, 0) is 65.0 Å². The minimum Gasteiger partial charge on any atom is -0.370 e. The first-order chi connectivity index (χ1) is 18.1. The van der Waals surface area contributed by atoms with Gasteiger partial charge in [-0.1, -0.05) is 66.7 Å². The molecule has 0 aliphatic rings. The molecule has 0 saturated heterocycles. The van der Waals surface area contributed by atoms with Gasteiger partial charge in [0.25, 0.3) is 0 Å². The average molecular weight is 556 g/mol. The highest BCUT2D eigenvalue weighted by Gasteiger charge is 2.13. The van der Waals surface area contributed by atoms with Gasteiger partial charge in [-0.25, -0.2) is 4.98 Å². The Morgan fingerprint density at radius 2 is 1.70 bits per heavy atom. The first-order valence-corrected chi connectivity index (χ1v) is 13.3. The minimum absolute atomic E-state index is 0.157. The summed E-state index contributed by atoms with van der Waals surface area (Å²) in [6.45, 7) is 5.83. The van der Waals surface area contributed by atoms with Gasteiger partial charge in [0.2, 0.25) is 0 Å². The van der Waals surface area contributed by atoms with E-state index < -0.39 is 0 Å². The monoisotopic (exact) mass is 554 g/mol. The van der Waals surface area contributed by atoms with Crippen LogP contribution in [0.4, 0.5) is 11.5 Å². The lowest BCUT2D eigenvalue weighted by atomic mass is 10.1. The Kier molecular flexibility index (Phi) is 7.82. The van der Waals surface area contributed by atoms with Crippen LogP contribution in [0.25, 0.3) is 16.9 Å². The normalized spacial score (nSPS) is 12.0. The number of hydrogen-bond acceptors (Lipinski definition) is 5. The maximum atomic E-state index is 4.87. The van der Waals surface area contributed by atoms with E-state index in [1.165, 1.54) is 16.7 Å². The topological polar surface area (TPSA) is 66.3 Å². The Bertz CT molecular complexity index is 1480. The van der Waals surface area contributed by atoms with E-state index in [1.54, 1.807) is 6.20 Å². The molecule has 5 aromatic rings. The van der Waals surface area contributed by atoms with E-state index in [0.29, 0.717) is 6.54 Å². The Morgan fingerprint density at radius 1 is 0.919 bits per heavy atom. The molecule has 2 aromatic heterocycles. The van der Waals surface area contributed by atoms with Crippen LogP contribution < -0.4 is 16.0 Å². The van der Waals surface area contributed by atoms with Gasteiger partial charge in [-0.2, -0.15) is 9.61 Å². The van der Waals surface area contributed by atoms with Crippen molar-refractivity contribution in [3.8, 4) is 11.3 Å². The summed E-state index contributed by atoms with van der Waals surface area (Å²) >= 11 is 3.60. The van der Waals surface area contributed by atoms with E-state index in [2.05, 4.69) is 124 Å². The summed E-state index contributed by atoms with van der Waals surface area (Å²) in [4.78, 5) is 4.87. The molecule has 0 spiro atoms. The first-order valence-electron chi connectivity index (χ1n) is 12.5. The van der Waals surface area contributed by atoms with Crippen LogP contribution >= 0.6 is 15.9 Å². The molecule has 0 saturated carbocycles. The number of nitrogens with zero attached hydrogens (tertiary/aromatic N) is 3. The zero-order chi connectivity index (χ0) is 25.6. The van der Waals surface area contributed by atoms with Gasteiger partial charge in [-0.3, -0.25) is 5.32 Å². The molecule has 0 aliphatic carbocycles. The molecular formula is C30H31BrN6. The van der Waals surface area contributed by atoms with E-state index in [-0.39, 0.29) is 6.17 Å². The number of rotatable bonds is 10. The first kappa shape index (κ1) is 25.0. The van der Waals surface area contributed by atoms with E-state index in [0.717, 1.165) is 45.8 Å². The summed E-state index contributed by atoms with van der Waals surface area (Å²) in [5.74, 6) is 0.892. The second-order valence-electron chi connectivity index (χ2n) is 9.18. The molecule has 3 aromatic carbocycles. The van der Waals surface area contributed by atoms with Crippen LogP contribution in [-0.2, 0) is 13.0 Å². The zero-order valence-electron chi connectivity index (χ0n) is 21.1. The molecule has 188 valence electrons. The third kappa shape index (κ3) is 6.18. The van der Waals surface area contributed by atoms with Crippen LogP contribution in [0.2, 0.25) is 0 Å². The van der Waals surface area contributed by atoms with Crippen LogP contribution in [0.15, 0.2) is 95.6 Å². The molecule has 0 fully saturated rings. The number of anilines is 2. The fourth-order valence-electron chi connectivity index (χ4n) is 4.40. The Balaban J connectivity index is 1.26. The van der Waals surface area contributed by atoms with Gasteiger partial charge in [0.05, 0.1) is 22.5 Å². The van der Waals surface area contributed by atoms with Crippen molar-refractivity contribution in [1.82, 2.24) is 19.9 Å². The molecule has 7 heteroatoms. The van der Waals surface area contributed by atoms with Gasteiger partial charge in [0, 0.05) is 30.4 Å². The van der Waals surface area contributed by atoms with Crippen molar-refractivity contribution in [2.24, 2.45) is 0 Å². The molecule has 0 radical (unpaired) electrons. The maximum Gasteiger partial charge on any atom is 0.172 e. The number of fused-ring (bicyclic) bond motifs is 1. The van der Waals surface area contributed by atoms with Crippen molar-refractivity contribution >= 4 is 33.1 Å². The molecule has 1 atom stereocenters. The Morgan fingerprint density at radius 3 is 2.54 bits per heavy atom. The number of hydrogen-bond donors (Lipinski definition) is 3. The fourth-order valence-corrected chi connectivity index (χ4v) is 4.75. The summed E-state index contributed by atoms with van der Waals surface area (Å²) < 4.78 is 2.71. The highest BCUT2D eigenvalue weighted by atomic mass is 79.9. The van der Waals surface area contributed by atoms with Crippen molar-refractivity contribution in [3.63, 3.8) is 0 Å². The predicted octanol–water partition coefficient (Wildman–Crippen LogP) is 6.67. The van der Waals surface area contributed by atoms with Crippen molar-refractivity contribution in [3.05, 3.63) is 112 Å². The number of halogens is 1. The van der Waals surface area contributed by atoms with Gasteiger partial charge in [0.15, 0.2) is 5.65 Å².